The first-order valence-electron chi connectivity index (χ1n) is 9.74. The van der Waals surface area contributed by atoms with Gasteiger partial charge in [0.1, 0.15) is 24.9 Å². The quantitative estimate of drug-likeness (QED) is 0.311. The van der Waals surface area contributed by atoms with Gasteiger partial charge in [-0.1, -0.05) is 18.6 Å². The van der Waals surface area contributed by atoms with Crippen molar-refractivity contribution in [3.05, 3.63) is 29.3 Å². The molecule has 1 aromatic carbocycles. The van der Waals surface area contributed by atoms with Crippen molar-refractivity contribution in [2.75, 3.05) is 11.9 Å². The van der Waals surface area contributed by atoms with Gasteiger partial charge < -0.3 is 30.8 Å². The van der Waals surface area contributed by atoms with E-state index in [0.717, 1.165) is 12.8 Å². The van der Waals surface area contributed by atoms with Crippen molar-refractivity contribution in [3.63, 3.8) is 0 Å². The van der Waals surface area contributed by atoms with Crippen LogP contribution in [0.3, 0.4) is 0 Å². The molecule has 9 heteroatoms. The summed E-state index contributed by atoms with van der Waals surface area (Å²) in [5.41, 5.74) is 1.88. The van der Waals surface area contributed by atoms with Crippen molar-refractivity contribution in [2.45, 2.75) is 69.5 Å². The first kappa shape index (κ1) is 21.0. The van der Waals surface area contributed by atoms with Crippen LogP contribution in [0.15, 0.2) is 18.2 Å². The largest absolute Gasteiger partial charge is 0.481 e. The molecule has 1 aromatic rings. The molecule has 28 heavy (non-hydrogen) atoms. The minimum atomic E-state index is -1.09. The summed E-state index contributed by atoms with van der Waals surface area (Å²) in [6.07, 6.45) is -0.798. The molecule has 3 rings (SSSR count). The fourth-order valence-corrected chi connectivity index (χ4v) is 4.05. The number of piperidine rings is 1. The molecule has 7 N–H and O–H groups in total. The summed E-state index contributed by atoms with van der Waals surface area (Å²) in [5, 5.41) is 56.1. The van der Waals surface area contributed by atoms with E-state index in [1.807, 2.05) is 6.07 Å². The standard InChI is InChI=1S/C19H29N3O6/c23-14-9-8-13(17(26)21-14)22-18(27)11-5-4-6-12(16(11)19(22)28)20-10-3-1-2-7-15(24)25/h4-6,13-14,17-21,23,26-28H,1-3,7-10H2,(H,24,25). The van der Waals surface area contributed by atoms with E-state index in [-0.39, 0.29) is 6.42 Å². The van der Waals surface area contributed by atoms with Crippen molar-refractivity contribution in [1.82, 2.24) is 10.2 Å². The maximum absolute atomic E-state index is 10.9. The van der Waals surface area contributed by atoms with Crippen LogP contribution in [0.1, 0.15) is 62.1 Å². The molecule has 2 heterocycles. The summed E-state index contributed by atoms with van der Waals surface area (Å²) >= 11 is 0. The number of carbonyl (C=O) groups is 1. The minimum absolute atomic E-state index is 0.160. The number of carboxylic acids is 1. The lowest BCUT2D eigenvalue weighted by molar-refractivity contribution is -0.158. The Hall–Kier alpha value is -1.75. The normalized spacial score (nSPS) is 30.2. The maximum atomic E-state index is 10.9. The number of aliphatic hydroxyl groups excluding tert-OH is 4. The predicted molar refractivity (Wildman–Crippen MR) is 101 cm³/mol. The third-order valence-electron chi connectivity index (χ3n) is 5.47. The highest BCUT2D eigenvalue weighted by Gasteiger charge is 2.45. The number of anilines is 1. The SMILES string of the molecule is O=C(O)CCCCCNc1cccc2c1C(O)N(C1CCC(O)NC1O)C2O. The summed E-state index contributed by atoms with van der Waals surface area (Å²) in [7, 11) is 0. The molecule has 5 atom stereocenters. The molecule has 0 radical (unpaired) electrons. The number of fused-ring (bicyclic) bond motifs is 1. The Morgan fingerprint density at radius 2 is 1.89 bits per heavy atom. The minimum Gasteiger partial charge on any atom is -0.481 e. The fraction of sp³-hybridized carbons (Fsp3) is 0.632. The third-order valence-corrected chi connectivity index (χ3v) is 5.47. The van der Waals surface area contributed by atoms with Gasteiger partial charge in [-0.25, -0.2) is 4.90 Å². The number of hydrogen-bond donors (Lipinski definition) is 7. The molecule has 156 valence electrons. The zero-order valence-electron chi connectivity index (χ0n) is 15.7. The Morgan fingerprint density at radius 1 is 1.11 bits per heavy atom. The average Bonchev–Trinajstić information content (AvgIpc) is 2.90. The topological polar surface area (TPSA) is 146 Å². The molecule has 1 fully saturated rings. The Morgan fingerprint density at radius 3 is 2.61 bits per heavy atom. The lowest BCUT2D eigenvalue weighted by Crippen LogP contribution is -2.57. The van der Waals surface area contributed by atoms with Crippen LogP contribution in [0, 0.1) is 0 Å². The van der Waals surface area contributed by atoms with E-state index in [0.29, 0.717) is 42.6 Å². The van der Waals surface area contributed by atoms with Gasteiger partial charge in [0.25, 0.3) is 0 Å². The van der Waals surface area contributed by atoms with E-state index >= 15 is 0 Å². The zero-order valence-corrected chi connectivity index (χ0v) is 15.7. The highest BCUT2D eigenvalue weighted by molar-refractivity contribution is 5.66. The molecule has 0 amide bonds. The number of aliphatic hydroxyl groups is 4. The Balaban J connectivity index is 1.65. The molecular weight excluding hydrogens is 366 g/mol. The maximum Gasteiger partial charge on any atom is 0.303 e. The van der Waals surface area contributed by atoms with Crippen LogP contribution in [0.5, 0.6) is 0 Å². The van der Waals surface area contributed by atoms with Crippen LogP contribution in [-0.2, 0) is 4.79 Å². The van der Waals surface area contributed by atoms with Crippen LogP contribution in [0.4, 0.5) is 5.69 Å². The van der Waals surface area contributed by atoms with Gasteiger partial charge in [0.05, 0.1) is 6.04 Å². The molecule has 2 aliphatic rings. The molecule has 1 saturated heterocycles. The second kappa shape index (κ2) is 9.17. The number of hydrogen-bond acceptors (Lipinski definition) is 8. The number of benzene rings is 1. The smallest absolute Gasteiger partial charge is 0.303 e. The van der Waals surface area contributed by atoms with Gasteiger partial charge in [-0.3, -0.25) is 10.1 Å². The van der Waals surface area contributed by atoms with Crippen molar-refractivity contribution >= 4 is 11.7 Å². The fourth-order valence-electron chi connectivity index (χ4n) is 4.05. The Labute approximate surface area is 163 Å². The van der Waals surface area contributed by atoms with Gasteiger partial charge in [0.15, 0.2) is 0 Å². The highest BCUT2D eigenvalue weighted by Crippen LogP contribution is 2.45. The van der Waals surface area contributed by atoms with E-state index in [1.165, 1.54) is 4.90 Å². The van der Waals surface area contributed by atoms with Crippen LogP contribution < -0.4 is 10.6 Å². The number of nitrogens with zero attached hydrogens (tertiary/aromatic N) is 1. The monoisotopic (exact) mass is 395 g/mol. The van der Waals surface area contributed by atoms with Gasteiger partial charge in [-0.2, -0.15) is 0 Å². The van der Waals surface area contributed by atoms with E-state index in [4.69, 9.17) is 5.11 Å². The van der Waals surface area contributed by atoms with Crippen LogP contribution in [0.2, 0.25) is 0 Å². The lowest BCUT2D eigenvalue weighted by atomic mass is 10.0. The second-order valence-corrected chi connectivity index (χ2v) is 7.41. The van der Waals surface area contributed by atoms with Crippen molar-refractivity contribution in [3.8, 4) is 0 Å². The molecule has 0 bridgehead atoms. The number of nitrogens with one attached hydrogen (secondary N) is 2. The molecule has 0 spiro atoms. The van der Waals surface area contributed by atoms with Crippen molar-refractivity contribution in [1.29, 1.82) is 0 Å². The first-order chi connectivity index (χ1) is 13.4. The van der Waals surface area contributed by atoms with Crippen molar-refractivity contribution in [2.24, 2.45) is 0 Å². The van der Waals surface area contributed by atoms with Gasteiger partial charge in [0, 0.05) is 29.8 Å². The molecule has 5 unspecified atom stereocenters. The summed E-state index contributed by atoms with van der Waals surface area (Å²) in [4.78, 5) is 12.0. The van der Waals surface area contributed by atoms with Crippen LogP contribution in [0.25, 0.3) is 0 Å². The number of carboxylic acid groups (broad SMARTS) is 1. The van der Waals surface area contributed by atoms with Gasteiger partial charge in [-0.15, -0.1) is 0 Å². The molecule has 9 nitrogen and oxygen atoms in total. The predicted octanol–water partition coefficient (Wildman–Crippen LogP) is 0.430. The molecule has 0 aromatic heterocycles. The van der Waals surface area contributed by atoms with E-state index in [9.17, 15) is 25.2 Å². The Kier molecular flexibility index (Phi) is 6.86. The summed E-state index contributed by atoms with van der Waals surface area (Å²) < 4.78 is 0. The number of aliphatic carboxylic acids is 1. The van der Waals surface area contributed by atoms with Crippen molar-refractivity contribution < 1.29 is 30.3 Å². The lowest BCUT2D eigenvalue weighted by Gasteiger charge is -2.40. The number of unbranched alkanes of at least 4 members (excludes halogenated alkanes) is 2. The van der Waals surface area contributed by atoms with Crippen LogP contribution >= 0.6 is 0 Å². The molecular formula is C19H29N3O6. The summed E-state index contributed by atoms with van der Waals surface area (Å²) in [6, 6.07) is 4.84. The third kappa shape index (κ3) is 4.45. The first-order valence-corrected chi connectivity index (χ1v) is 9.74. The molecule has 0 saturated carbocycles. The van der Waals surface area contributed by atoms with E-state index in [1.54, 1.807) is 12.1 Å². The second-order valence-electron chi connectivity index (χ2n) is 7.41. The van der Waals surface area contributed by atoms with E-state index in [2.05, 4.69) is 10.6 Å². The average molecular weight is 395 g/mol. The number of rotatable bonds is 8. The summed E-state index contributed by atoms with van der Waals surface area (Å²) in [5.74, 6) is -0.794. The highest BCUT2D eigenvalue weighted by atomic mass is 16.4. The van der Waals surface area contributed by atoms with Crippen LogP contribution in [-0.4, -0.2) is 61.4 Å². The summed E-state index contributed by atoms with van der Waals surface area (Å²) in [6.45, 7) is 0.624. The van der Waals surface area contributed by atoms with Gasteiger partial charge in [0.2, 0.25) is 0 Å². The van der Waals surface area contributed by atoms with E-state index < -0.39 is 36.9 Å². The van der Waals surface area contributed by atoms with Gasteiger partial charge >= 0.3 is 5.97 Å². The molecule has 0 aliphatic carbocycles. The molecule has 2 aliphatic heterocycles. The van der Waals surface area contributed by atoms with Gasteiger partial charge in [-0.05, 0) is 31.7 Å². The zero-order chi connectivity index (χ0) is 20.3. The Bertz CT molecular complexity index is 688.